The van der Waals surface area contributed by atoms with Gasteiger partial charge in [0.15, 0.2) is 0 Å². The summed E-state index contributed by atoms with van der Waals surface area (Å²) in [5, 5.41) is 1.59. The second-order valence-electron chi connectivity index (χ2n) is 6.87. The van der Waals surface area contributed by atoms with Gasteiger partial charge in [-0.1, -0.05) is 24.3 Å². The standard InChI is InChI=1S/C22H20N2O2S/c1-13-9-10-15(11-14(13)2)23(3)22(26)19-12-17-20(27-19)16-7-5-6-8-18(16)24(4)21(17)25/h5-12H,1-4H3. The Labute approximate surface area is 161 Å². The molecule has 0 spiro atoms. The molecule has 0 unspecified atom stereocenters. The Morgan fingerprint density at radius 1 is 1.00 bits per heavy atom. The minimum absolute atomic E-state index is 0.0761. The molecule has 1 amide bonds. The van der Waals surface area contributed by atoms with Gasteiger partial charge in [-0.25, -0.2) is 0 Å². The molecule has 0 aliphatic rings. The highest BCUT2D eigenvalue weighted by Crippen LogP contribution is 2.31. The summed E-state index contributed by atoms with van der Waals surface area (Å²) in [5.74, 6) is -0.106. The molecule has 0 aliphatic carbocycles. The maximum Gasteiger partial charge on any atom is 0.268 e. The van der Waals surface area contributed by atoms with Crippen molar-refractivity contribution in [3.8, 4) is 0 Å². The topological polar surface area (TPSA) is 42.3 Å². The molecule has 0 saturated carbocycles. The predicted molar refractivity (Wildman–Crippen MR) is 113 cm³/mol. The number of fused-ring (bicyclic) bond motifs is 3. The molecule has 5 heteroatoms. The molecule has 4 aromatic rings. The number of carbonyl (C=O) groups is 1. The molecule has 2 heterocycles. The van der Waals surface area contributed by atoms with Crippen molar-refractivity contribution in [2.24, 2.45) is 7.05 Å². The number of hydrogen-bond acceptors (Lipinski definition) is 3. The lowest BCUT2D eigenvalue weighted by molar-refractivity contribution is 0.0997. The van der Waals surface area contributed by atoms with Gasteiger partial charge in [0.2, 0.25) is 0 Å². The van der Waals surface area contributed by atoms with Crippen LogP contribution in [0.3, 0.4) is 0 Å². The number of anilines is 1. The SMILES string of the molecule is Cc1ccc(N(C)C(=O)c2cc3c(=O)n(C)c4ccccc4c3s2)cc1C. The Morgan fingerprint density at radius 3 is 2.48 bits per heavy atom. The molecule has 27 heavy (non-hydrogen) atoms. The van der Waals surface area contributed by atoms with E-state index in [0.29, 0.717) is 10.3 Å². The summed E-state index contributed by atoms with van der Waals surface area (Å²) >= 11 is 1.38. The fourth-order valence-electron chi connectivity index (χ4n) is 3.32. The van der Waals surface area contributed by atoms with Crippen LogP contribution in [-0.2, 0) is 7.05 Å². The molecule has 136 valence electrons. The van der Waals surface area contributed by atoms with E-state index in [9.17, 15) is 9.59 Å². The summed E-state index contributed by atoms with van der Waals surface area (Å²) in [6.07, 6.45) is 0. The second kappa shape index (κ2) is 6.35. The Kier molecular flexibility index (Phi) is 4.12. The molecule has 0 bridgehead atoms. The highest BCUT2D eigenvalue weighted by atomic mass is 32.1. The number of rotatable bonds is 2. The van der Waals surface area contributed by atoms with Crippen molar-refractivity contribution < 1.29 is 4.79 Å². The van der Waals surface area contributed by atoms with Crippen LogP contribution in [0.15, 0.2) is 53.3 Å². The van der Waals surface area contributed by atoms with E-state index in [0.717, 1.165) is 26.9 Å². The van der Waals surface area contributed by atoms with Gasteiger partial charge in [0.1, 0.15) is 0 Å². The summed E-state index contributed by atoms with van der Waals surface area (Å²) in [5.41, 5.74) is 3.98. The second-order valence-corrected chi connectivity index (χ2v) is 7.92. The minimum Gasteiger partial charge on any atom is -0.311 e. The molecular formula is C22H20N2O2S. The molecule has 2 aromatic heterocycles. The van der Waals surface area contributed by atoms with Crippen LogP contribution >= 0.6 is 11.3 Å². The Bertz CT molecular complexity index is 1270. The molecule has 0 radical (unpaired) electrons. The van der Waals surface area contributed by atoms with Crippen LogP contribution in [0.1, 0.15) is 20.8 Å². The zero-order valence-electron chi connectivity index (χ0n) is 15.7. The zero-order valence-corrected chi connectivity index (χ0v) is 16.6. The molecule has 0 aliphatic heterocycles. The van der Waals surface area contributed by atoms with Crippen LogP contribution in [0.4, 0.5) is 5.69 Å². The fraction of sp³-hybridized carbons (Fsp3) is 0.182. The average molecular weight is 376 g/mol. The van der Waals surface area contributed by atoms with Gasteiger partial charge in [-0.05, 0) is 49.2 Å². The van der Waals surface area contributed by atoms with Crippen LogP contribution in [0.5, 0.6) is 0 Å². The lowest BCUT2D eigenvalue weighted by Gasteiger charge is -2.17. The number of nitrogens with zero attached hydrogens (tertiary/aromatic N) is 2. The molecule has 2 aromatic carbocycles. The van der Waals surface area contributed by atoms with E-state index in [-0.39, 0.29) is 11.5 Å². The van der Waals surface area contributed by atoms with Crippen LogP contribution in [0.2, 0.25) is 0 Å². The van der Waals surface area contributed by atoms with Gasteiger partial charge in [0.05, 0.1) is 15.8 Å². The smallest absolute Gasteiger partial charge is 0.268 e. The summed E-state index contributed by atoms with van der Waals surface area (Å²) in [6, 6.07) is 15.5. The van der Waals surface area contributed by atoms with E-state index in [1.807, 2.05) is 56.3 Å². The number of hydrogen-bond donors (Lipinski definition) is 0. The Hall–Kier alpha value is -2.92. The van der Waals surface area contributed by atoms with Crippen molar-refractivity contribution in [3.63, 3.8) is 0 Å². The van der Waals surface area contributed by atoms with Crippen LogP contribution in [0, 0.1) is 13.8 Å². The Balaban J connectivity index is 1.85. The van der Waals surface area contributed by atoms with Gasteiger partial charge < -0.3 is 9.47 Å². The highest BCUT2D eigenvalue weighted by molar-refractivity contribution is 7.21. The summed E-state index contributed by atoms with van der Waals surface area (Å²) < 4.78 is 2.51. The van der Waals surface area contributed by atoms with Crippen molar-refractivity contribution in [3.05, 3.63) is 74.9 Å². The lowest BCUT2D eigenvalue weighted by Crippen LogP contribution is -2.25. The Morgan fingerprint density at radius 2 is 1.74 bits per heavy atom. The van der Waals surface area contributed by atoms with E-state index < -0.39 is 0 Å². The first-order valence-electron chi connectivity index (χ1n) is 8.75. The molecule has 4 nitrogen and oxygen atoms in total. The number of para-hydroxylation sites is 1. The van der Waals surface area contributed by atoms with Crippen molar-refractivity contribution >= 4 is 43.9 Å². The lowest BCUT2D eigenvalue weighted by atomic mass is 10.1. The number of aromatic nitrogens is 1. The number of benzene rings is 2. The third kappa shape index (κ3) is 2.75. The zero-order chi connectivity index (χ0) is 19.3. The first-order valence-corrected chi connectivity index (χ1v) is 9.56. The maximum absolute atomic E-state index is 13.1. The van der Waals surface area contributed by atoms with Crippen molar-refractivity contribution in [2.45, 2.75) is 13.8 Å². The third-order valence-corrected chi connectivity index (χ3v) is 6.33. The van der Waals surface area contributed by atoms with Crippen molar-refractivity contribution in [1.82, 2.24) is 4.57 Å². The number of carbonyl (C=O) groups excluding carboxylic acids is 1. The molecule has 0 saturated heterocycles. The van der Waals surface area contributed by atoms with E-state index in [4.69, 9.17) is 0 Å². The molecular weight excluding hydrogens is 356 g/mol. The summed E-state index contributed by atoms with van der Waals surface area (Å²) in [7, 11) is 3.54. The quantitative estimate of drug-likeness (QED) is 0.511. The van der Waals surface area contributed by atoms with Crippen molar-refractivity contribution in [2.75, 3.05) is 11.9 Å². The number of pyridine rings is 1. The van der Waals surface area contributed by atoms with E-state index in [1.165, 1.54) is 16.9 Å². The number of aryl methyl sites for hydroxylation is 3. The fourth-order valence-corrected chi connectivity index (χ4v) is 4.48. The predicted octanol–water partition coefficient (Wildman–Crippen LogP) is 4.65. The molecule has 0 fully saturated rings. The van der Waals surface area contributed by atoms with Crippen LogP contribution < -0.4 is 10.5 Å². The van der Waals surface area contributed by atoms with Gasteiger partial charge in [0.25, 0.3) is 11.5 Å². The van der Waals surface area contributed by atoms with Gasteiger partial charge in [-0.3, -0.25) is 9.59 Å². The van der Waals surface area contributed by atoms with Gasteiger partial charge in [-0.15, -0.1) is 11.3 Å². The van der Waals surface area contributed by atoms with E-state index >= 15 is 0 Å². The minimum atomic E-state index is -0.106. The van der Waals surface area contributed by atoms with Gasteiger partial charge in [0, 0.05) is 29.9 Å². The monoisotopic (exact) mass is 376 g/mol. The maximum atomic E-state index is 13.1. The largest absolute Gasteiger partial charge is 0.311 e. The first kappa shape index (κ1) is 17.5. The highest BCUT2D eigenvalue weighted by Gasteiger charge is 2.20. The summed E-state index contributed by atoms with van der Waals surface area (Å²) in [6.45, 7) is 4.08. The third-order valence-electron chi connectivity index (χ3n) is 5.17. The summed E-state index contributed by atoms with van der Waals surface area (Å²) in [4.78, 5) is 28.0. The number of thiophene rings is 1. The first-order chi connectivity index (χ1) is 12.9. The van der Waals surface area contributed by atoms with Crippen LogP contribution in [-0.4, -0.2) is 17.5 Å². The van der Waals surface area contributed by atoms with E-state index in [1.54, 1.807) is 29.6 Å². The van der Waals surface area contributed by atoms with Crippen molar-refractivity contribution in [1.29, 1.82) is 0 Å². The molecule has 0 N–H and O–H groups in total. The van der Waals surface area contributed by atoms with Crippen LogP contribution in [0.25, 0.3) is 21.0 Å². The van der Waals surface area contributed by atoms with Gasteiger partial charge in [-0.2, -0.15) is 0 Å². The van der Waals surface area contributed by atoms with E-state index in [2.05, 4.69) is 0 Å². The normalized spacial score (nSPS) is 11.3. The molecule has 0 atom stereocenters. The average Bonchev–Trinajstić information content (AvgIpc) is 3.13. The molecule has 4 rings (SSSR count). The van der Waals surface area contributed by atoms with Gasteiger partial charge >= 0.3 is 0 Å². The number of amides is 1.